The topological polar surface area (TPSA) is 22.1 Å². The molecule has 0 saturated carbocycles. The number of ether oxygens (including phenoxy) is 1. The van der Waals surface area contributed by atoms with E-state index in [0.29, 0.717) is 5.92 Å². The highest BCUT2D eigenvalue weighted by atomic mass is 16.5. The van der Waals surface area contributed by atoms with Crippen molar-refractivity contribution >= 4 is 10.9 Å². The summed E-state index contributed by atoms with van der Waals surface area (Å²) in [6.07, 6.45) is 1.85. The molecule has 0 aliphatic carbocycles. The molecule has 0 bridgehead atoms. The molecule has 2 heteroatoms. The summed E-state index contributed by atoms with van der Waals surface area (Å²) < 4.78 is 5.30. The van der Waals surface area contributed by atoms with E-state index in [-0.39, 0.29) is 0 Å². The van der Waals surface area contributed by atoms with E-state index in [0.717, 1.165) is 11.3 Å². The fraction of sp³-hybridized carbons (Fsp3) is 0.308. The van der Waals surface area contributed by atoms with Crippen LogP contribution in [0.1, 0.15) is 25.3 Å². The van der Waals surface area contributed by atoms with Gasteiger partial charge in [0.2, 0.25) is 0 Å². The van der Waals surface area contributed by atoms with E-state index in [1.807, 2.05) is 18.3 Å². The average molecular weight is 201 g/mol. The molecule has 0 fully saturated rings. The normalized spacial score (nSPS) is 10.9. The number of para-hydroxylation sites is 1. The first-order chi connectivity index (χ1) is 7.24. The van der Waals surface area contributed by atoms with Crippen LogP contribution in [0, 0.1) is 0 Å². The second kappa shape index (κ2) is 3.89. The summed E-state index contributed by atoms with van der Waals surface area (Å²) in [5.74, 6) is 1.35. The molecule has 0 radical (unpaired) electrons. The maximum atomic E-state index is 5.30. The summed E-state index contributed by atoms with van der Waals surface area (Å²) in [5, 5.41) is 1.19. The number of methoxy groups -OCH3 is 1. The molecule has 78 valence electrons. The predicted octanol–water partition coefficient (Wildman–Crippen LogP) is 3.37. The standard InChI is InChI=1S/C13H15NO/c1-9(2)10-7-8-14-13-11(10)5-4-6-12(13)15-3/h4-9H,1-3H3. The van der Waals surface area contributed by atoms with E-state index in [9.17, 15) is 0 Å². The summed E-state index contributed by atoms with van der Waals surface area (Å²) in [7, 11) is 1.68. The molecule has 0 aliphatic heterocycles. The van der Waals surface area contributed by atoms with Gasteiger partial charge in [0.05, 0.1) is 7.11 Å². The zero-order chi connectivity index (χ0) is 10.8. The summed E-state index contributed by atoms with van der Waals surface area (Å²) in [5.41, 5.74) is 2.27. The SMILES string of the molecule is COc1cccc2c(C(C)C)ccnc12. The third-order valence-corrected chi connectivity index (χ3v) is 2.61. The minimum absolute atomic E-state index is 0.502. The molecule has 0 atom stereocenters. The minimum Gasteiger partial charge on any atom is -0.494 e. The second-order valence-electron chi connectivity index (χ2n) is 3.91. The van der Waals surface area contributed by atoms with Crippen LogP contribution in [0.3, 0.4) is 0 Å². The molecule has 0 N–H and O–H groups in total. The van der Waals surface area contributed by atoms with Gasteiger partial charge in [0.25, 0.3) is 0 Å². The molecule has 1 aromatic heterocycles. The molecule has 0 aliphatic rings. The largest absolute Gasteiger partial charge is 0.494 e. The number of benzene rings is 1. The first kappa shape index (κ1) is 9.97. The van der Waals surface area contributed by atoms with Gasteiger partial charge in [-0.1, -0.05) is 26.0 Å². The van der Waals surface area contributed by atoms with Crippen LogP contribution in [0.15, 0.2) is 30.5 Å². The van der Waals surface area contributed by atoms with E-state index in [1.165, 1.54) is 10.9 Å². The van der Waals surface area contributed by atoms with E-state index in [4.69, 9.17) is 4.74 Å². The van der Waals surface area contributed by atoms with Crippen LogP contribution in [0.5, 0.6) is 5.75 Å². The predicted molar refractivity (Wildman–Crippen MR) is 62.4 cm³/mol. The fourth-order valence-electron chi connectivity index (χ4n) is 1.84. The first-order valence-corrected chi connectivity index (χ1v) is 5.15. The van der Waals surface area contributed by atoms with E-state index in [1.54, 1.807) is 7.11 Å². The lowest BCUT2D eigenvalue weighted by Gasteiger charge is -2.10. The number of pyridine rings is 1. The van der Waals surface area contributed by atoms with Crippen LogP contribution in [0.4, 0.5) is 0 Å². The Kier molecular flexibility index (Phi) is 2.58. The van der Waals surface area contributed by atoms with E-state index < -0.39 is 0 Å². The zero-order valence-corrected chi connectivity index (χ0v) is 9.32. The molecular weight excluding hydrogens is 186 g/mol. The van der Waals surface area contributed by atoms with Crippen LogP contribution in [-0.4, -0.2) is 12.1 Å². The molecule has 2 nitrogen and oxygen atoms in total. The smallest absolute Gasteiger partial charge is 0.145 e. The van der Waals surface area contributed by atoms with Crippen molar-refractivity contribution < 1.29 is 4.74 Å². The van der Waals surface area contributed by atoms with Gasteiger partial charge in [-0.25, -0.2) is 0 Å². The quantitative estimate of drug-likeness (QED) is 0.743. The van der Waals surface area contributed by atoms with Crippen LogP contribution in [-0.2, 0) is 0 Å². The number of nitrogens with zero attached hydrogens (tertiary/aromatic N) is 1. The fourth-order valence-corrected chi connectivity index (χ4v) is 1.84. The van der Waals surface area contributed by atoms with Gasteiger partial charge in [-0.2, -0.15) is 0 Å². The van der Waals surface area contributed by atoms with Crippen molar-refractivity contribution in [2.24, 2.45) is 0 Å². The van der Waals surface area contributed by atoms with E-state index in [2.05, 4.69) is 31.0 Å². The van der Waals surface area contributed by atoms with Gasteiger partial charge in [0.1, 0.15) is 11.3 Å². The molecular formula is C13H15NO. The molecule has 15 heavy (non-hydrogen) atoms. The second-order valence-corrected chi connectivity index (χ2v) is 3.91. The molecule has 0 saturated heterocycles. The van der Waals surface area contributed by atoms with Gasteiger partial charge in [0.15, 0.2) is 0 Å². The van der Waals surface area contributed by atoms with E-state index >= 15 is 0 Å². The average Bonchev–Trinajstić information content (AvgIpc) is 2.27. The van der Waals surface area contributed by atoms with Crippen molar-refractivity contribution in [1.29, 1.82) is 0 Å². The van der Waals surface area contributed by atoms with Crippen molar-refractivity contribution in [3.05, 3.63) is 36.0 Å². The van der Waals surface area contributed by atoms with Crippen molar-refractivity contribution in [3.63, 3.8) is 0 Å². The summed E-state index contributed by atoms with van der Waals surface area (Å²) in [6.45, 7) is 4.38. The Morgan fingerprint density at radius 1 is 1.20 bits per heavy atom. The van der Waals surface area contributed by atoms with Crippen molar-refractivity contribution in [2.75, 3.05) is 7.11 Å². The Morgan fingerprint density at radius 2 is 2.00 bits per heavy atom. The van der Waals surface area contributed by atoms with Crippen LogP contribution in [0.2, 0.25) is 0 Å². The Balaban J connectivity index is 2.76. The third kappa shape index (κ3) is 1.67. The molecule has 1 heterocycles. The molecule has 0 unspecified atom stereocenters. The highest BCUT2D eigenvalue weighted by molar-refractivity contribution is 5.87. The Morgan fingerprint density at radius 3 is 2.67 bits per heavy atom. The van der Waals surface area contributed by atoms with Gasteiger partial charge < -0.3 is 4.74 Å². The van der Waals surface area contributed by atoms with Gasteiger partial charge in [0, 0.05) is 11.6 Å². The Hall–Kier alpha value is -1.57. The number of hydrogen-bond donors (Lipinski definition) is 0. The molecule has 1 aromatic carbocycles. The molecule has 2 aromatic rings. The summed E-state index contributed by atoms with van der Waals surface area (Å²) in [4.78, 5) is 4.37. The Labute approximate surface area is 89.9 Å². The maximum Gasteiger partial charge on any atom is 0.145 e. The molecule has 2 rings (SSSR count). The number of rotatable bonds is 2. The van der Waals surface area contributed by atoms with Crippen molar-refractivity contribution in [2.45, 2.75) is 19.8 Å². The zero-order valence-electron chi connectivity index (χ0n) is 9.32. The van der Waals surface area contributed by atoms with Gasteiger partial charge >= 0.3 is 0 Å². The number of aromatic nitrogens is 1. The van der Waals surface area contributed by atoms with Crippen molar-refractivity contribution in [1.82, 2.24) is 4.98 Å². The lowest BCUT2D eigenvalue weighted by Crippen LogP contribution is -1.93. The third-order valence-electron chi connectivity index (χ3n) is 2.61. The summed E-state index contributed by atoms with van der Waals surface area (Å²) >= 11 is 0. The number of fused-ring (bicyclic) bond motifs is 1. The first-order valence-electron chi connectivity index (χ1n) is 5.15. The number of hydrogen-bond acceptors (Lipinski definition) is 2. The van der Waals surface area contributed by atoms with Crippen molar-refractivity contribution in [3.8, 4) is 5.75 Å². The van der Waals surface area contributed by atoms with Crippen LogP contribution < -0.4 is 4.74 Å². The lowest BCUT2D eigenvalue weighted by molar-refractivity contribution is 0.419. The highest BCUT2D eigenvalue weighted by Gasteiger charge is 2.08. The monoisotopic (exact) mass is 201 g/mol. The molecule has 0 spiro atoms. The Bertz CT molecular complexity index is 477. The summed E-state index contributed by atoms with van der Waals surface area (Å²) in [6, 6.07) is 8.13. The van der Waals surface area contributed by atoms with Gasteiger partial charge in [-0.3, -0.25) is 4.98 Å². The lowest BCUT2D eigenvalue weighted by atomic mass is 9.99. The highest BCUT2D eigenvalue weighted by Crippen LogP contribution is 2.29. The van der Waals surface area contributed by atoms with Crippen LogP contribution >= 0.6 is 0 Å². The minimum atomic E-state index is 0.502. The van der Waals surface area contributed by atoms with Crippen LogP contribution in [0.25, 0.3) is 10.9 Å². The maximum absolute atomic E-state index is 5.30. The van der Waals surface area contributed by atoms with Gasteiger partial charge in [-0.05, 0) is 23.6 Å². The molecule has 0 amide bonds. The van der Waals surface area contributed by atoms with Gasteiger partial charge in [-0.15, -0.1) is 0 Å².